The number of hydrogen-bond acceptors (Lipinski definition) is 4. The van der Waals surface area contributed by atoms with Crippen LogP contribution >= 0.6 is 23.4 Å². The van der Waals surface area contributed by atoms with Crippen LogP contribution in [-0.4, -0.2) is 16.2 Å². The highest BCUT2D eigenvalue weighted by molar-refractivity contribution is 7.98. The Morgan fingerprint density at radius 2 is 2.19 bits per heavy atom. The van der Waals surface area contributed by atoms with Crippen molar-refractivity contribution >= 4 is 34.9 Å². The summed E-state index contributed by atoms with van der Waals surface area (Å²) < 4.78 is 0. The van der Waals surface area contributed by atoms with Crippen molar-refractivity contribution in [3.63, 3.8) is 0 Å². The van der Waals surface area contributed by atoms with Crippen LogP contribution in [0.2, 0.25) is 5.15 Å². The Morgan fingerprint density at radius 3 is 2.94 bits per heavy atom. The fraction of sp³-hybridized carbons (Fsp3) is 0.0909. The molecule has 1 aromatic heterocycles. The van der Waals surface area contributed by atoms with Gasteiger partial charge in [-0.25, -0.2) is 4.98 Å². The fourth-order valence-corrected chi connectivity index (χ4v) is 1.86. The number of rotatable bonds is 3. The van der Waals surface area contributed by atoms with Gasteiger partial charge in [0.25, 0.3) is 0 Å². The van der Waals surface area contributed by atoms with E-state index in [2.05, 4.69) is 21.4 Å². The molecule has 0 aliphatic rings. The van der Waals surface area contributed by atoms with E-state index in [4.69, 9.17) is 11.6 Å². The number of aromatic nitrogens is 2. The fourth-order valence-electron chi connectivity index (χ4n) is 1.25. The first-order chi connectivity index (χ1) is 7.78. The van der Waals surface area contributed by atoms with Gasteiger partial charge in [-0.05, 0) is 24.5 Å². The minimum Gasteiger partial charge on any atom is -0.339 e. The van der Waals surface area contributed by atoms with Crippen molar-refractivity contribution in [1.82, 2.24) is 9.97 Å². The molecule has 16 heavy (non-hydrogen) atoms. The second-order valence-corrected chi connectivity index (χ2v) is 4.35. The quantitative estimate of drug-likeness (QED) is 0.846. The van der Waals surface area contributed by atoms with Crippen LogP contribution in [0, 0.1) is 0 Å². The Morgan fingerprint density at radius 1 is 1.31 bits per heavy atom. The van der Waals surface area contributed by atoms with Crippen molar-refractivity contribution in [2.45, 2.75) is 4.90 Å². The third-order valence-corrected chi connectivity index (χ3v) is 2.85. The summed E-state index contributed by atoms with van der Waals surface area (Å²) in [6, 6.07) is 8.07. The summed E-state index contributed by atoms with van der Waals surface area (Å²) in [5.41, 5.74) is 0.975. The van der Waals surface area contributed by atoms with Gasteiger partial charge in [-0.15, -0.1) is 11.8 Å². The molecule has 1 aromatic carbocycles. The van der Waals surface area contributed by atoms with Gasteiger partial charge in [0.2, 0.25) is 0 Å². The lowest BCUT2D eigenvalue weighted by atomic mass is 10.3. The second-order valence-electron chi connectivity index (χ2n) is 3.08. The number of halogens is 1. The molecule has 0 spiro atoms. The first-order valence-electron chi connectivity index (χ1n) is 4.66. The topological polar surface area (TPSA) is 37.8 Å². The zero-order chi connectivity index (χ0) is 11.4. The van der Waals surface area contributed by atoms with Crippen molar-refractivity contribution in [2.24, 2.45) is 0 Å². The third kappa shape index (κ3) is 2.87. The van der Waals surface area contributed by atoms with E-state index in [1.165, 1.54) is 11.1 Å². The standard InChI is InChI=1S/C11H10ClN3S/c1-16-9-4-2-3-8(5-9)14-11-7-13-6-10(12)15-11/h2-7H,1H3,(H,14,15). The maximum atomic E-state index is 5.75. The van der Waals surface area contributed by atoms with Crippen LogP contribution < -0.4 is 5.32 Å². The summed E-state index contributed by atoms with van der Waals surface area (Å²) >= 11 is 7.45. The molecule has 0 aliphatic carbocycles. The molecule has 5 heteroatoms. The minimum absolute atomic E-state index is 0.381. The van der Waals surface area contributed by atoms with Crippen LogP contribution in [0.5, 0.6) is 0 Å². The van der Waals surface area contributed by atoms with E-state index in [0.717, 1.165) is 5.69 Å². The Labute approximate surface area is 103 Å². The van der Waals surface area contributed by atoms with Crippen LogP contribution in [-0.2, 0) is 0 Å². The first kappa shape index (κ1) is 11.2. The summed E-state index contributed by atoms with van der Waals surface area (Å²) in [5.74, 6) is 0.644. The van der Waals surface area contributed by atoms with Crippen LogP contribution in [0.15, 0.2) is 41.6 Å². The lowest BCUT2D eigenvalue weighted by Gasteiger charge is -2.06. The Bertz CT molecular complexity index is 490. The van der Waals surface area contributed by atoms with Gasteiger partial charge in [-0.1, -0.05) is 17.7 Å². The van der Waals surface area contributed by atoms with Crippen LogP contribution in [0.25, 0.3) is 0 Å². The molecule has 0 aliphatic heterocycles. The molecule has 0 saturated heterocycles. The van der Waals surface area contributed by atoms with E-state index in [0.29, 0.717) is 11.0 Å². The molecule has 0 saturated carbocycles. The lowest BCUT2D eigenvalue weighted by molar-refractivity contribution is 1.20. The molecule has 1 N–H and O–H groups in total. The van der Waals surface area contributed by atoms with Gasteiger partial charge in [0.15, 0.2) is 5.82 Å². The highest BCUT2D eigenvalue weighted by Crippen LogP contribution is 2.21. The van der Waals surface area contributed by atoms with Crippen molar-refractivity contribution in [3.05, 3.63) is 41.8 Å². The highest BCUT2D eigenvalue weighted by Gasteiger charge is 1.98. The maximum Gasteiger partial charge on any atom is 0.150 e. The summed E-state index contributed by atoms with van der Waals surface area (Å²) in [5, 5.41) is 3.53. The van der Waals surface area contributed by atoms with Crippen molar-refractivity contribution in [1.29, 1.82) is 0 Å². The van der Waals surface area contributed by atoms with Gasteiger partial charge in [-0.2, -0.15) is 0 Å². The average molecular weight is 252 g/mol. The van der Waals surface area contributed by atoms with E-state index < -0.39 is 0 Å². The molecule has 0 unspecified atom stereocenters. The first-order valence-corrected chi connectivity index (χ1v) is 6.27. The van der Waals surface area contributed by atoms with E-state index in [1.54, 1.807) is 18.0 Å². The zero-order valence-corrected chi connectivity index (χ0v) is 10.2. The number of anilines is 2. The Hall–Kier alpha value is -1.26. The summed E-state index contributed by atoms with van der Waals surface area (Å²) in [4.78, 5) is 9.26. The molecule has 0 atom stereocenters. The lowest BCUT2D eigenvalue weighted by Crippen LogP contribution is -1.94. The maximum absolute atomic E-state index is 5.75. The zero-order valence-electron chi connectivity index (χ0n) is 8.64. The Kier molecular flexibility index (Phi) is 3.64. The minimum atomic E-state index is 0.381. The smallest absolute Gasteiger partial charge is 0.150 e. The van der Waals surface area contributed by atoms with Crippen LogP contribution in [0.3, 0.4) is 0 Å². The van der Waals surface area contributed by atoms with Gasteiger partial charge < -0.3 is 5.32 Å². The SMILES string of the molecule is CSc1cccc(Nc2cncc(Cl)n2)c1. The number of benzene rings is 1. The van der Waals surface area contributed by atoms with Crippen LogP contribution in [0.4, 0.5) is 11.5 Å². The second kappa shape index (κ2) is 5.18. The predicted octanol–water partition coefficient (Wildman–Crippen LogP) is 3.60. The van der Waals surface area contributed by atoms with E-state index >= 15 is 0 Å². The Balaban J connectivity index is 2.20. The van der Waals surface area contributed by atoms with Crippen LogP contribution in [0.1, 0.15) is 0 Å². The van der Waals surface area contributed by atoms with E-state index in [-0.39, 0.29) is 0 Å². The molecule has 2 rings (SSSR count). The summed E-state index contributed by atoms with van der Waals surface area (Å²) in [6.07, 6.45) is 5.18. The van der Waals surface area contributed by atoms with Gasteiger partial charge in [0, 0.05) is 10.6 Å². The van der Waals surface area contributed by atoms with E-state index in [9.17, 15) is 0 Å². The highest BCUT2D eigenvalue weighted by atomic mass is 35.5. The molecule has 82 valence electrons. The van der Waals surface area contributed by atoms with E-state index in [1.807, 2.05) is 24.5 Å². The van der Waals surface area contributed by atoms with Crippen molar-refractivity contribution < 1.29 is 0 Å². The molecule has 1 heterocycles. The number of thioether (sulfide) groups is 1. The number of nitrogens with one attached hydrogen (secondary N) is 1. The molecule has 3 nitrogen and oxygen atoms in total. The number of nitrogens with zero attached hydrogens (tertiary/aromatic N) is 2. The molecule has 0 bridgehead atoms. The molecule has 2 aromatic rings. The largest absolute Gasteiger partial charge is 0.339 e. The molecule has 0 fully saturated rings. The van der Waals surface area contributed by atoms with Gasteiger partial charge in [0.1, 0.15) is 5.15 Å². The van der Waals surface area contributed by atoms with Crippen molar-refractivity contribution in [3.8, 4) is 0 Å². The monoisotopic (exact) mass is 251 g/mol. The van der Waals surface area contributed by atoms with Gasteiger partial charge >= 0.3 is 0 Å². The predicted molar refractivity (Wildman–Crippen MR) is 68.5 cm³/mol. The van der Waals surface area contributed by atoms with Crippen molar-refractivity contribution in [2.75, 3.05) is 11.6 Å². The average Bonchev–Trinajstić information content (AvgIpc) is 2.29. The van der Waals surface area contributed by atoms with Gasteiger partial charge in [-0.3, -0.25) is 4.98 Å². The molecule has 0 radical (unpaired) electrons. The molecular formula is C11H10ClN3S. The summed E-state index contributed by atoms with van der Waals surface area (Å²) in [6.45, 7) is 0. The molecule has 0 amide bonds. The third-order valence-electron chi connectivity index (χ3n) is 1.95. The molecular weight excluding hydrogens is 242 g/mol. The van der Waals surface area contributed by atoms with Gasteiger partial charge in [0.05, 0.1) is 12.4 Å². The summed E-state index contributed by atoms with van der Waals surface area (Å²) in [7, 11) is 0. The number of hydrogen-bond donors (Lipinski definition) is 1. The normalized spacial score (nSPS) is 10.1.